The van der Waals surface area contributed by atoms with Gasteiger partial charge in [0.15, 0.2) is 0 Å². The summed E-state index contributed by atoms with van der Waals surface area (Å²) in [5.74, 6) is -0.947. The number of aliphatic imine (C=N–C) groups is 1. The molecule has 0 saturated carbocycles. The van der Waals surface area contributed by atoms with E-state index >= 15 is 0 Å². The second kappa shape index (κ2) is 3.76. The molecule has 1 aromatic carbocycles. The second-order valence-electron chi connectivity index (χ2n) is 2.50. The quantitative estimate of drug-likeness (QED) is 0.314. The Kier molecular flexibility index (Phi) is 2.69. The molecule has 0 aromatic heterocycles. The van der Waals surface area contributed by atoms with Gasteiger partial charge in [-0.25, -0.2) is 4.79 Å². The minimum absolute atomic E-state index is 0.0124. The first-order valence-corrected chi connectivity index (χ1v) is 3.59. The van der Waals surface area contributed by atoms with Gasteiger partial charge in [-0.05, 0) is 19.1 Å². The van der Waals surface area contributed by atoms with Crippen LogP contribution < -0.4 is 0 Å². The predicted molar refractivity (Wildman–Crippen MR) is 45.6 cm³/mol. The van der Waals surface area contributed by atoms with Crippen molar-refractivity contribution < 1.29 is 14.1 Å². The Morgan fingerprint density at radius 1 is 1.57 bits per heavy atom. The molecule has 0 saturated heterocycles. The normalized spacial score (nSPS) is 9.29. The van der Waals surface area contributed by atoms with Crippen molar-refractivity contribution in [2.75, 3.05) is 0 Å². The van der Waals surface area contributed by atoms with Gasteiger partial charge in [-0.1, -0.05) is 0 Å². The molecular weight excluding hydrogens is 191 g/mol. The molecule has 72 valence electrons. The molecule has 0 heterocycles. The van der Waals surface area contributed by atoms with Gasteiger partial charge in [0, 0.05) is 0 Å². The largest absolute Gasteiger partial charge is 0.309 e. The van der Waals surface area contributed by atoms with E-state index in [2.05, 4.69) is 4.99 Å². The molecule has 14 heavy (non-hydrogen) atoms. The van der Waals surface area contributed by atoms with Crippen molar-refractivity contribution in [2.45, 2.75) is 6.92 Å². The van der Waals surface area contributed by atoms with Crippen LogP contribution in [0.2, 0.25) is 0 Å². The van der Waals surface area contributed by atoms with Crippen LogP contribution in [0.25, 0.3) is 0 Å². The molecule has 0 atom stereocenters. The average Bonchev–Trinajstić information content (AvgIpc) is 2.10. The maximum absolute atomic E-state index is 12.9. The minimum atomic E-state index is -0.947. The Morgan fingerprint density at radius 3 is 2.71 bits per heavy atom. The Morgan fingerprint density at radius 2 is 2.21 bits per heavy atom. The first-order valence-electron chi connectivity index (χ1n) is 3.59. The van der Waals surface area contributed by atoms with E-state index in [-0.39, 0.29) is 11.3 Å². The summed E-state index contributed by atoms with van der Waals surface area (Å²) in [6, 6.07) is 2.07. The smallest absolute Gasteiger partial charge is 0.258 e. The van der Waals surface area contributed by atoms with Crippen LogP contribution in [0.15, 0.2) is 17.1 Å². The van der Waals surface area contributed by atoms with E-state index in [9.17, 15) is 19.3 Å². The van der Waals surface area contributed by atoms with Crippen LogP contribution in [0.5, 0.6) is 0 Å². The summed E-state index contributed by atoms with van der Waals surface area (Å²) < 4.78 is 12.9. The number of hydrogen-bond acceptors (Lipinski definition) is 4. The molecule has 0 aliphatic carbocycles. The molecule has 0 aliphatic heterocycles. The van der Waals surface area contributed by atoms with E-state index < -0.39 is 16.4 Å². The summed E-state index contributed by atoms with van der Waals surface area (Å²) in [7, 11) is 0. The summed E-state index contributed by atoms with van der Waals surface area (Å²) >= 11 is 0. The first kappa shape index (κ1) is 10.0. The minimum Gasteiger partial charge on any atom is -0.258 e. The molecule has 0 radical (unpaired) electrons. The number of carbonyl (C=O) groups excluding carboxylic acids is 1. The van der Waals surface area contributed by atoms with Crippen LogP contribution in [0.4, 0.5) is 15.8 Å². The lowest BCUT2D eigenvalue weighted by atomic mass is 10.1. The first-order chi connectivity index (χ1) is 6.57. The molecule has 0 spiro atoms. The third-order valence-corrected chi connectivity index (χ3v) is 1.70. The Hall–Kier alpha value is -2.07. The molecule has 0 aliphatic rings. The lowest BCUT2D eigenvalue weighted by molar-refractivity contribution is -0.388. The number of nitrogens with zero attached hydrogens (tertiary/aromatic N) is 2. The molecule has 0 bridgehead atoms. The number of rotatable bonds is 2. The number of isocyanates is 1. The van der Waals surface area contributed by atoms with E-state index in [0.717, 1.165) is 6.07 Å². The van der Waals surface area contributed by atoms with Crippen molar-refractivity contribution in [3.63, 3.8) is 0 Å². The van der Waals surface area contributed by atoms with Crippen LogP contribution in [-0.2, 0) is 4.79 Å². The van der Waals surface area contributed by atoms with Gasteiger partial charge in [0.2, 0.25) is 11.9 Å². The summed E-state index contributed by atoms with van der Waals surface area (Å²) in [6.07, 6.45) is 1.24. The fourth-order valence-corrected chi connectivity index (χ4v) is 1.05. The Labute approximate surface area is 78.0 Å². The zero-order chi connectivity index (χ0) is 10.7. The van der Waals surface area contributed by atoms with Crippen LogP contribution in [0.3, 0.4) is 0 Å². The van der Waals surface area contributed by atoms with Crippen molar-refractivity contribution >= 4 is 17.5 Å². The summed E-state index contributed by atoms with van der Waals surface area (Å²) in [5.41, 5.74) is -0.604. The van der Waals surface area contributed by atoms with Crippen LogP contribution >= 0.6 is 0 Å². The molecule has 0 fully saturated rings. The summed E-state index contributed by atoms with van der Waals surface area (Å²) in [4.78, 5) is 22.7. The highest BCUT2D eigenvalue weighted by molar-refractivity contribution is 5.60. The zero-order valence-electron chi connectivity index (χ0n) is 7.15. The highest BCUT2D eigenvalue weighted by Gasteiger charge is 2.19. The molecular formula is C8H5FN2O3. The van der Waals surface area contributed by atoms with Crippen molar-refractivity contribution in [1.29, 1.82) is 0 Å². The van der Waals surface area contributed by atoms with E-state index in [1.165, 1.54) is 19.1 Å². The van der Waals surface area contributed by atoms with Crippen molar-refractivity contribution in [3.8, 4) is 0 Å². The number of hydrogen-bond donors (Lipinski definition) is 0. The number of benzene rings is 1. The molecule has 6 heteroatoms. The summed E-state index contributed by atoms with van der Waals surface area (Å²) in [6.45, 7) is 1.32. The van der Waals surface area contributed by atoms with Crippen LogP contribution in [0.1, 0.15) is 5.56 Å². The standard InChI is InChI=1S/C8H5FN2O3/c1-5-7(10-4-12)3-2-6(9)8(5)11(13)14/h2-3H,1H3. The topological polar surface area (TPSA) is 72.6 Å². The maximum Gasteiger partial charge on any atom is 0.309 e. The Balaban J connectivity index is 3.48. The van der Waals surface area contributed by atoms with Gasteiger partial charge >= 0.3 is 5.69 Å². The third-order valence-electron chi connectivity index (χ3n) is 1.70. The van der Waals surface area contributed by atoms with Gasteiger partial charge < -0.3 is 0 Å². The molecule has 5 nitrogen and oxygen atoms in total. The van der Waals surface area contributed by atoms with Crippen LogP contribution in [-0.4, -0.2) is 11.0 Å². The van der Waals surface area contributed by atoms with Gasteiger partial charge in [-0.15, -0.1) is 0 Å². The molecule has 1 aromatic rings. The van der Waals surface area contributed by atoms with Crippen molar-refractivity contribution in [2.24, 2.45) is 4.99 Å². The van der Waals surface area contributed by atoms with Gasteiger partial charge in [0.25, 0.3) is 0 Å². The molecule has 0 amide bonds. The maximum atomic E-state index is 12.9. The van der Waals surface area contributed by atoms with E-state index in [4.69, 9.17) is 0 Å². The summed E-state index contributed by atoms with van der Waals surface area (Å²) in [5, 5.41) is 10.4. The molecule has 0 unspecified atom stereocenters. The number of halogens is 1. The fraction of sp³-hybridized carbons (Fsp3) is 0.125. The lowest BCUT2D eigenvalue weighted by Gasteiger charge is -2.00. The fourth-order valence-electron chi connectivity index (χ4n) is 1.05. The third kappa shape index (κ3) is 1.65. The number of nitro groups is 1. The lowest BCUT2D eigenvalue weighted by Crippen LogP contribution is -1.95. The second-order valence-corrected chi connectivity index (χ2v) is 2.50. The molecule has 0 N–H and O–H groups in total. The van der Waals surface area contributed by atoms with Crippen molar-refractivity contribution in [1.82, 2.24) is 0 Å². The monoisotopic (exact) mass is 196 g/mol. The van der Waals surface area contributed by atoms with E-state index in [1.807, 2.05) is 0 Å². The molecule has 1 rings (SSSR count). The van der Waals surface area contributed by atoms with Crippen LogP contribution in [0, 0.1) is 22.9 Å². The van der Waals surface area contributed by atoms with Gasteiger partial charge in [-0.2, -0.15) is 9.38 Å². The highest BCUT2D eigenvalue weighted by atomic mass is 19.1. The van der Waals surface area contributed by atoms with Gasteiger partial charge in [0.05, 0.1) is 16.2 Å². The number of nitro benzene ring substituents is 1. The highest BCUT2D eigenvalue weighted by Crippen LogP contribution is 2.29. The SMILES string of the molecule is Cc1c(N=C=O)ccc(F)c1[N+](=O)[O-]. The Bertz CT molecular complexity index is 438. The van der Waals surface area contributed by atoms with E-state index in [0.29, 0.717) is 0 Å². The van der Waals surface area contributed by atoms with E-state index in [1.54, 1.807) is 0 Å². The average molecular weight is 196 g/mol. The predicted octanol–water partition coefficient (Wildman–Crippen LogP) is 2.01. The van der Waals surface area contributed by atoms with Gasteiger partial charge in [0.1, 0.15) is 0 Å². The van der Waals surface area contributed by atoms with Gasteiger partial charge in [-0.3, -0.25) is 10.1 Å². The zero-order valence-corrected chi connectivity index (χ0v) is 7.15. The van der Waals surface area contributed by atoms with Crippen molar-refractivity contribution in [3.05, 3.63) is 33.6 Å².